The zero-order valence-corrected chi connectivity index (χ0v) is 16.8. The number of nitrogens with zero attached hydrogens (tertiary/aromatic N) is 1. The van der Waals surface area contributed by atoms with Crippen molar-refractivity contribution < 1.29 is 26.9 Å². The lowest BCUT2D eigenvalue weighted by Crippen LogP contribution is -2.14. The van der Waals surface area contributed by atoms with E-state index in [1.165, 1.54) is 12.1 Å². The smallest absolute Gasteiger partial charge is 0.255 e. The van der Waals surface area contributed by atoms with E-state index in [0.717, 1.165) is 35.7 Å². The zero-order chi connectivity index (χ0) is 21.2. The van der Waals surface area contributed by atoms with Crippen LogP contribution in [-0.4, -0.2) is 25.7 Å². The topological polar surface area (TPSA) is 98.5 Å². The number of amides is 1. The molecular weight excluding hydrogens is 399 g/mol. The highest BCUT2D eigenvalue weighted by Gasteiger charge is 2.15. The van der Waals surface area contributed by atoms with Crippen molar-refractivity contribution in [3.05, 3.63) is 70.9 Å². The van der Waals surface area contributed by atoms with Gasteiger partial charge in [-0.25, -0.2) is 12.8 Å². The molecule has 0 radical (unpaired) electrons. The van der Waals surface area contributed by atoms with Gasteiger partial charge < -0.3 is 14.6 Å². The summed E-state index contributed by atoms with van der Waals surface area (Å²) < 4.78 is 48.1. The minimum absolute atomic E-state index is 0.0919. The Morgan fingerprint density at radius 1 is 1.21 bits per heavy atom. The highest BCUT2D eigenvalue weighted by atomic mass is 32.2. The number of ether oxygens (including phenoxy) is 1. The zero-order valence-electron chi connectivity index (χ0n) is 16.0. The van der Waals surface area contributed by atoms with E-state index in [0.29, 0.717) is 11.5 Å². The van der Waals surface area contributed by atoms with E-state index in [1.54, 1.807) is 26.0 Å². The lowest BCUT2D eigenvalue weighted by atomic mass is 10.2. The number of carbonyl (C=O) groups excluding carboxylic acids is 1. The van der Waals surface area contributed by atoms with Gasteiger partial charge in [0, 0.05) is 11.8 Å². The van der Waals surface area contributed by atoms with Gasteiger partial charge in [0.1, 0.15) is 23.9 Å². The summed E-state index contributed by atoms with van der Waals surface area (Å²) in [5.74, 6) is -0.255. The molecule has 0 fully saturated rings. The Labute approximate surface area is 167 Å². The van der Waals surface area contributed by atoms with Crippen molar-refractivity contribution in [2.75, 3.05) is 11.6 Å². The summed E-state index contributed by atoms with van der Waals surface area (Å²) in [6.45, 7) is 3.80. The Hall–Kier alpha value is -3.20. The lowest BCUT2D eigenvalue weighted by molar-refractivity contribution is 0.102. The van der Waals surface area contributed by atoms with Crippen LogP contribution in [0.4, 0.5) is 10.1 Å². The molecule has 0 aliphatic carbocycles. The van der Waals surface area contributed by atoms with E-state index >= 15 is 0 Å². The SMILES string of the molecule is Cc1noc(C)c1COc1cccc(C(=O)Nc2cc(S(C)(=O)=O)ccc2F)c1. The maximum atomic E-state index is 14.0. The molecule has 0 atom stereocenters. The predicted octanol–water partition coefficient (Wildman–Crippen LogP) is 3.67. The maximum absolute atomic E-state index is 14.0. The monoisotopic (exact) mass is 418 g/mol. The number of sulfone groups is 1. The highest BCUT2D eigenvalue weighted by molar-refractivity contribution is 7.90. The Bertz CT molecular complexity index is 1150. The second-order valence-corrected chi connectivity index (χ2v) is 8.50. The quantitative estimate of drug-likeness (QED) is 0.614. The fraction of sp³-hybridized carbons (Fsp3) is 0.200. The van der Waals surface area contributed by atoms with Gasteiger partial charge >= 0.3 is 0 Å². The number of aryl methyl sites for hydroxylation is 2. The van der Waals surface area contributed by atoms with Crippen LogP contribution in [0.15, 0.2) is 51.9 Å². The van der Waals surface area contributed by atoms with E-state index < -0.39 is 21.6 Å². The summed E-state index contributed by atoms with van der Waals surface area (Å²) in [6.07, 6.45) is 1.01. The van der Waals surface area contributed by atoms with Crippen molar-refractivity contribution in [1.29, 1.82) is 0 Å². The predicted molar refractivity (Wildman–Crippen MR) is 104 cm³/mol. The standard InChI is InChI=1S/C20H19FN2O5S/c1-12-17(13(2)28-23-12)11-27-15-6-4-5-14(9-15)20(24)22-19-10-16(29(3,25)26)7-8-18(19)21/h4-10H,11H2,1-3H3,(H,22,24). The first-order valence-corrected chi connectivity index (χ1v) is 10.5. The first-order chi connectivity index (χ1) is 13.6. The number of hydrogen-bond donors (Lipinski definition) is 1. The molecule has 0 spiro atoms. The van der Waals surface area contributed by atoms with E-state index in [4.69, 9.17) is 9.26 Å². The lowest BCUT2D eigenvalue weighted by Gasteiger charge is -2.10. The van der Waals surface area contributed by atoms with Crippen LogP contribution in [0.5, 0.6) is 5.75 Å². The summed E-state index contributed by atoms with van der Waals surface area (Å²) in [7, 11) is -3.54. The molecule has 0 saturated carbocycles. The first kappa shape index (κ1) is 20.5. The summed E-state index contributed by atoms with van der Waals surface area (Å²) in [5.41, 5.74) is 1.54. The van der Waals surface area contributed by atoms with Crippen LogP contribution in [0.25, 0.3) is 0 Å². The number of benzene rings is 2. The van der Waals surface area contributed by atoms with Crippen molar-refractivity contribution >= 4 is 21.4 Å². The number of anilines is 1. The minimum atomic E-state index is -3.54. The van der Waals surface area contributed by atoms with Crippen molar-refractivity contribution in [2.45, 2.75) is 25.3 Å². The molecule has 152 valence electrons. The van der Waals surface area contributed by atoms with Crippen LogP contribution in [0, 0.1) is 19.7 Å². The highest BCUT2D eigenvalue weighted by Crippen LogP contribution is 2.22. The average Bonchev–Trinajstić information content (AvgIpc) is 2.99. The summed E-state index contributed by atoms with van der Waals surface area (Å²) in [6, 6.07) is 9.57. The largest absolute Gasteiger partial charge is 0.489 e. The second-order valence-electron chi connectivity index (χ2n) is 6.49. The van der Waals surface area contributed by atoms with Gasteiger partial charge in [-0.15, -0.1) is 0 Å². The van der Waals surface area contributed by atoms with E-state index in [1.807, 2.05) is 0 Å². The minimum Gasteiger partial charge on any atom is -0.489 e. The third-order valence-electron chi connectivity index (χ3n) is 4.27. The number of hydrogen-bond acceptors (Lipinski definition) is 6. The molecule has 3 aromatic rings. The number of carbonyl (C=O) groups is 1. The molecule has 2 aromatic carbocycles. The number of nitrogens with one attached hydrogen (secondary N) is 1. The van der Waals surface area contributed by atoms with E-state index in [2.05, 4.69) is 10.5 Å². The summed E-state index contributed by atoms with van der Waals surface area (Å²) in [4.78, 5) is 12.4. The Morgan fingerprint density at radius 3 is 2.62 bits per heavy atom. The van der Waals surface area contributed by atoms with Gasteiger partial charge in [0.25, 0.3) is 5.91 Å². The maximum Gasteiger partial charge on any atom is 0.255 e. The van der Waals surface area contributed by atoms with Gasteiger partial charge in [0.2, 0.25) is 0 Å². The van der Waals surface area contributed by atoms with Gasteiger partial charge in [-0.05, 0) is 50.2 Å². The molecule has 9 heteroatoms. The Balaban J connectivity index is 1.76. The van der Waals surface area contributed by atoms with Crippen molar-refractivity contribution in [1.82, 2.24) is 5.16 Å². The van der Waals surface area contributed by atoms with Crippen LogP contribution < -0.4 is 10.1 Å². The third-order valence-corrected chi connectivity index (χ3v) is 5.39. The Kier molecular flexibility index (Phi) is 5.69. The van der Waals surface area contributed by atoms with E-state index in [9.17, 15) is 17.6 Å². The molecule has 1 heterocycles. The molecule has 0 unspecified atom stereocenters. The fourth-order valence-corrected chi connectivity index (χ4v) is 3.26. The van der Waals surface area contributed by atoms with Crippen LogP contribution in [0.3, 0.4) is 0 Å². The fourth-order valence-electron chi connectivity index (χ4n) is 2.62. The molecule has 0 bridgehead atoms. The normalized spacial score (nSPS) is 11.3. The molecular formula is C20H19FN2O5S. The number of aromatic nitrogens is 1. The number of halogens is 1. The first-order valence-electron chi connectivity index (χ1n) is 8.60. The van der Waals surface area contributed by atoms with Gasteiger partial charge in [0.15, 0.2) is 9.84 Å². The number of rotatable bonds is 6. The second kappa shape index (κ2) is 8.04. The molecule has 1 amide bonds. The molecule has 29 heavy (non-hydrogen) atoms. The molecule has 0 aliphatic rings. The van der Waals surface area contributed by atoms with Crippen LogP contribution in [0.2, 0.25) is 0 Å². The van der Waals surface area contributed by atoms with Crippen LogP contribution in [-0.2, 0) is 16.4 Å². The molecule has 3 rings (SSSR count). The molecule has 1 aromatic heterocycles. The molecule has 0 saturated heterocycles. The Morgan fingerprint density at radius 2 is 1.97 bits per heavy atom. The average molecular weight is 418 g/mol. The van der Waals surface area contributed by atoms with Crippen molar-refractivity contribution in [2.24, 2.45) is 0 Å². The summed E-state index contributed by atoms with van der Waals surface area (Å²) >= 11 is 0. The summed E-state index contributed by atoms with van der Waals surface area (Å²) in [5, 5.41) is 6.25. The van der Waals surface area contributed by atoms with Gasteiger partial charge in [0.05, 0.1) is 21.8 Å². The van der Waals surface area contributed by atoms with Gasteiger partial charge in [-0.3, -0.25) is 4.79 Å². The van der Waals surface area contributed by atoms with Crippen molar-refractivity contribution in [3.63, 3.8) is 0 Å². The van der Waals surface area contributed by atoms with Crippen LogP contribution >= 0.6 is 0 Å². The van der Waals surface area contributed by atoms with Crippen LogP contribution in [0.1, 0.15) is 27.4 Å². The van der Waals surface area contributed by atoms with Crippen molar-refractivity contribution in [3.8, 4) is 5.75 Å². The third kappa shape index (κ3) is 4.80. The molecule has 0 aliphatic heterocycles. The molecule has 1 N–H and O–H groups in total. The van der Waals surface area contributed by atoms with E-state index in [-0.39, 0.29) is 22.8 Å². The van der Waals surface area contributed by atoms with Gasteiger partial charge in [-0.2, -0.15) is 0 Å². The molecule has 7 nitrogen and oxygen atoms in total. The van der Waals surface area contributed by atoms with Gasteiger partial charge in [-0.1, -0.05) is 11.2 Å².